The molecule has 1 aliphatic heterocycles. The zero-order valence-electron chi connectivity index (χ0n) is 5.03. The lowest BCUT2D eigenvalue weighted by Gasteiger charge is -2.04. The minimum atomic E-state index is -0.104. The van der Waals surface area contributed by atoms with Gasteiger partial charge in [0.25, 0.3) is 5.91 Å². The maximum atomic E-state index is 10.7. The molecule has 3 heteroatoms. The van der Waals surface area contributed by atoms with Gasteiger partial charge in [0, 0.05) is 13.2 Å². The lowest BCUT2D eigenvalue weighted by molar-refractivity contribution is -0.122. The van der Waals surface area contributed by atoms with Crippen LogP contribution in [0.4, 0.5) is 0 Å². The van der Waals surface area contributed by atoms with Gasteiger partial charge < -0.3 is 4.90 Å². The summed E-state index contributed by atoms with van der Waals surface area (Å²) in [7, 11) is 1.66. The number of hydrogen-bond acceptors (Lipinski definition) is 2. The van der Waals surface area contributed by atoms with Crippen LogP contribution in [0.15, 0.2) is 23.5 Å². The summed E-state index contributed by atoms with van der Waals surface area (Å²) in [6.07, 6.45) is 4.39. The minimum absolute atomic E-state index is 0.104. The first-order chi connectivity index (χ1) is 4.30. The third-order valence-electron chi connectivity index (χ3n) is 0.975. The zero-order valence-corrected chi connectivity index (χ0v) is 5.03. The van der Waals surface area contributed by atoms with Gasteiger partial charge in [-0.15, -0.1) is 0 Å². The standard InChI is InChI=1S/C6H6N2O/c1-8-5-4-7-3-2-6(8)9/h2,4-5H,1H3. The van der Waals surface area contributed by atoms with Crippen LogP contribution in [0.25, 0.3) is 0 Å². The molecule has 3 nitrogen and oxygen atoms in total. The fourth-order valence-electron chi connectivity index (χ4n) is 0.444. The van der Waals surface area contributed by atoms with Crippen molar-refractivity contribution in [1.82, 2.24) is 4.90 Å². The summed E-state index contributed by atoms with van der Waals surface area (Å²) >= 11 is 0. The van der Waals surface area contributed by atoms with Crippen LogP contribution in [0.3, 0.4) is 0 Å². The van der Waals surface area contributed by atoms with E-state index in [-0.39, 0.29) is 5.91 Å². The van der Waals surface area contributed by atoms with Gasteiger partial charge in [-0.25, -0.2) is 4.99 Å². The fraction of sp³-hybridized carbons (Fsp3) is 0.167. The molecule has 0 spiro atoms. The first kappa shape index (κ1) is 5.79. The average molecular weight is 122 g/mol. The number of hydrogen-bond donors (Lipinski definition) is 0. The Morgan fingerprint density at radius 2 is 2.56 bits per heavy atom. The van der Waals surface area contributed by atoms with E-state index in [0.29, 0.717) is 0 Å². The molecule has 9 heavy (non-hydrogen) atoms. The van der Waals surface area contributed by atoms with E-state index in [4.69, 9.17) is 0 Å². The number of nitrogens with zero attached hydrogens (tertiary/aromatic N) is 2. The average Bonchev–Trinajstić information content (AvgIpc) is 1.99. The summed E-state index contributed by atoms with van der Waals surface area (Å²) in [5.41, 5.74) is 0. The van der Waals surface area contributed by atoms with E-state index in [9.17, 15) is 4.79 Å². The summed E-state index contributed by atoms with van der Waals surface area (Å²) in [5, 5.41) is 0. The lowest BCUT2D eigenvalue weighted by Crippen LogP contribution is -2.17. The molecule has 0 atom stereocenters. The second kappa shape index (κ2) is 2.29. The second-order valence-corrected chi connectivity index (χ2v) is 1.65. The van der Waals surface area contributed by atoms with E-state index in [1.807, 2.05) is 0 Å². The smallest absolute Gasteiger partial charge is 0.259 e. The summed E-state index contributed by atoms with van der Waals surface area (Å²) < 4.78 is 0. The molecule has 0 aliphatic carbocycles. The molecule has 0 unspecified atom stereocenters. The highest BCUT2D eigenvalue weighted by atomic mass is 16.2. The molecule has 1 heterocycles. The van der Waals surface area contributed by atoms with E-state index in [0.717, 1.165) is 0 Å². The first-order valence-electron chi connectivity index (χ1n) is 2.53. The summed E-state index contributed by atoms with van der Waals surface area (Å²) in [6.45, 7) is 0. The van der Waals surface area contributed by atoms with Crippen LogP contribution in [0.1, 0.15) is 0 Å². The van der Waals surface area contributed by atoms with Gasteiger partial charge >= 0.3 is 0 Å². The Labute approximate surface area is 53.0 Å². The Morgan fingerprint density at radius 1 is 1.78 bits per heavy atom. The lowest BCUT2D eigenvalue weighted by atomic mass is 10.5. The van der Waals surface area contributed by atoms with E-state index in [1.165, 1.54) is 17.2 Å². The number of aliphatic imine (C=N–C) groups is 1. The fourth-order valence-corrected chi connectivity index (χ4v) is 0.444. The maximum absolute atomic E-state index is 10.7. The maximum Gasteiger partial charge on any atom is 0.259 e. The molecule has 0 aromatic rings. The van der Waals surface area contributed by atoms with Crippen molar-refractivity contribution in [3.8, 4) is 0 Å². The van der Waals surface area contributed by atoms with Crippen LogP contribution in [0.2, 0.25) is 0 Å². The molecule has 0 bridgehead atoms. The number of carbonyl (C=O) groups is 1. The summed E-state index contributed by atoms with van der Waals surface area (Å²) in [4.78, 5) is 15.8. The van der Waals surface area contributed by atoms with Crippen LogP contribution in [-0.2, 0) is 4.79 Å². The van der Waals surface area contributed by atoms with E-state index in [2.05, 4.69) is 10.9 Å². The molecule has 0 fully saturated rings. The van der Waals surface area contributed by atoms with Gasteiger partial charge in [0.15, 0.2) is 0 Å². The van der Waals surface area contributed by atoms with Gasteiger partial charge in [-0.05, 0) is 5.87 Å². The van der Waals surface area contributed by atoms with E-state index >= 15 is 0 Å². The normalized spacial score (nSPS) is 16.6. The molecule has 0 aromatic carbocycles. The number of likely N-dealkylation sites (N-methyl/N-ethyl adjacent to an activating group) is 1. The zero-order chi connectivity index (χ0) is 6.69. The molecule has 1 rings (SSSR count). The van der Waals surface area contributed by atoms with Gasteiger partial charge in [-0.1, -0.05) is 0 Å². The van der Waals surface area contributed by atoms with E-state index < -0.39 is 0 Å². The SMILES string of the molecule is CN1C=CN=C=CC1=O. The highest BCUT2D eigenvalue weighted by Gasteiger charge is 1.99. The molecule has 0 saturated heterocycles. The van der Waals surface area contributed by atoms with Crippen molar-refractivity contribution in [2.45, 2.75) is 0 Å². The van der Waals surface area contributed by atoms with E-state index in [1.54, 1.807) is 13.2 Å². The summed E-state index contributed by atoms with van der Waals surface area (Å²) in [6, 6.07) is 0. The number of rotatable bonds is 0. The van der Waals surface area contributed by atoms with Crippen molar-refractivity contribution in [2.24, 2.45) is 4.99 Å². The number of amides is 1. The van der Waals surface area contributed by atoms with Gasteiger partial charge in [0.2, 0.25) is 0 Å². The predicted octanol–water partition coefficient (Wildman–Crippen LogP) is 0.155. The third-order valence-corrected chi connectivity index (χ3v) is 0.975. The van der Waals surface area contributed by atoms with Crippen molar-refractivity contribution in [1.29, 1.82) is 0 Å². The Kier molecular flexibility index (Phi) is 1.47. The van der Waals surface area contributed by atoms with Gasteiger partial charge in [0.1, 0.15) is 0 Å². The Balaban J connectivity index is 2.90. The predicted molar refractivity (Wildman–Crippen MR) is 33.9 cm³/mol. The largest absolute Gasteiger partial charge is 0.316 e. The van der Waals surface area contributed by atoms with Gasteiger partial charge in [-0.3, -0.25) is 4.79 Å². The van der Waals surface area contributed by atoms with Crippen LogP contribution in [0, 0.1) is 0 Å². The first-order valence-corrected chi connectivity index (χ1v) is 2.53. The topological polar surface area (TPSA) is 32.7 Å². The van der Waals surface area contributed by atoms with Crippen molar-refractivity contribution in [2.75, 3.05) is 7.05 Å². The second-order valence-electron chi connectivity index (χ2n) is 1.65. The Morgan fingerprint density at radius 3 is 3.33 bits per heavy atom. The quantitative estimate of drug-likeness (QED) is 0.450. The van der Waals surface area contributed by atoms with Crippen molar-refractivity contribution < 1.29 is 4.79 Å². The molecular weight excluding hydrogens is 116 g/mol. The highest BCUT2D eigenvalue weighted by Crippen LogP contribution is 1.89. The van der Waals surface area contributed by atoms with Crippen molar-refractivity contribution >= 4 is 11.8 Å². The third kappa shape index (κ3) is 1.27. The number of carbonyl (C=O) groups excluding carboxylic acids is 1. The molecular formula is C6H6N2O. The highest BCUT2D eigenvalue weighted by molar-refractivity contribution is 5.96. The van der Waals surface area contributed by atoms with Crippen molar-refractivity contribution in [3.05, 3.63) is 18.5 Å². The monoisotopic (exact) mass is 122 g/mol. The van der Waals surface area contributed by atoms with Crippen molar-refractivity contribution in [3.63, 3.8) is 0 Å². The van der Waals surface area contributed by atoms with Gasteiger partial charge in [-0.2, -0.15) is 0 Å². The van der Waals surface area contributed by atoms with Crippen LogP contribution in [0.5, 0.6) is 0 Å². The van der Waals surface area contributed by atoms with Crippen LogP contribution >= 0.6 is 0 Å². The minimum Gasteiger partial charge on any atom is -0.316 e. The Bertz CT molecular complexity index is 211. The molecule has 1 amide bonds. The molecule has 0 aromatic heterocycles. The van der Waals surface area contributed by atoms with Crippen LogP contribution in [-0.4, -0.2) is 23.7 Å². The molecule has 0 N–H and O–H groups in total. The molecule has 0 radical (unpaired) electrons. The molecule has 46 valence electrons. The van der Waals surface area contributed by atoms with Gasteiger partial charge in [0.05, 0.1) is 12.3 Å². The Hall–Kier alpha value is -1.34. The molecule has 0 saturated carbocycles. The summed E-state index contributed by atoms with van der Waals surface area (Å²) in [5.74, 6) is 2.35. The molecule has 1 aliphatic rings. The van der Waals surface area contributed by atoms with Crippen LogP contribution < -0.4 is 0 Å².